The molecule has 2 aliphatic rings. The molecule has 0 amide bonds. The second-order valence-electron chi connectivity index (χ2n) is 7.69. The van der Waals surface area contributed by atoms with Gasteiger partial charge in [-0.3, -0.25) is 0 Å². The molecule has 2 rings (SSSR count). The van der Waals surface area contributed by atoms with Crippen molar-refractivity contribution in [1.82, 2.24) is 4.90 Å². The summed E-state index contributed by atoms with van der Waals surface area (Å²) >= 11 is 0. The van der Waals surface area contributed by atoms with Crippen molar-refractivity contribution in [3.8, 4) is 0 Å². The van der Waals surface area contributed by atoms with Gasteiger partial charge in [-0.2, -0.15) is 13.2 Å². The van der Waals surface area contributed by atoms with Crippen LogP contribution in [0.5, 0.6) is 0 Å². The Bertz CT molecular complexity index is 354. The molecule has 4 unspecified atom stereocenters. The van der Waals surface area contributed by atoms with Crippen molar-refractivity contribution in [3.05, 3.63) is 0 Å². The van der Waals surface area contributed by atoms with E-state index in [-0.39, 0.29) is 24.4 Å². The van der Waals surface area contributed by atoms with E-state index in [1.807, 2.05) is 4.90 Å². The Hall–Kier alpha value is -0.290. The van der Waals surface area contributed by atoms with Gasteiger partial charge in [0.15, 0.2) is 0 Å². The van der Waals surface area contributed by atoms with E-state index in [4.69, 9.17) is 5.73 Å². The molecule has 1 aliphatic heterocycles. The number of alkyl halides is 3. The van der Waals surface area contributed by atoms with Gasteiger partial charge in [0, 0.05) is 19.1 Å². The van der Waals surface area contributed by atoms with E-state index >= 15 is 0 Å². The van der Waals surface area contributed by atoms with Crippen LogP contribution < -0.4 is 5.73 Å². The molecule has 0 aromatic heterocycles. The number of nitrogens with two attached hydrogens (primary N) is 1. The first-order valence-corrected chi connectivity index (χ1v) is 8.17. The first-order valence-electron chi connectivity index (χ1n) is 8.17. The van der Waals surface area contributed by atoms with Crippen molar-refractivity contribution in [1.29, 1.82) is 0 Å². The lowest BCUT2D eigenvalue weighted by atomic mass is 9.61. The molecule has 2 nitrogen and oxygen atoms in total. The molecule has 4 atom stereocenters. The predicted octanol–water partition coefficient (Wildman–Crippen LogP) is 3.66. The Balaban J connectivity index is 1.98. The van der Waals surface area contributed by atoms with Crippen LogP contribution in [0.4, 0.5) is 13.2 Å². The summed E-state index contributed by atoms with van der Waals surface area (Å²) in [6.07, 6.45) is -1.07. The Morgan fingerprint density at radius 3 is 2.48 bits per heavy atom. The van der Waals surface area contributed by atoms with Crippen molar-refractivity contribution in [2.75, 3.05) is 19.6 Å². The molecule has 2 N–H and O–H groups in total. The maximum atomic E-state index is 12.9. The van der Waals surface area contributed by atoms with Gasteiger partial charge in [0.2, 0.25) is 0 Å². The summed E-state index contributed by atoms with van der Waals surface area (Å²) in [5, 5.41) is 0. The second-order valence-corrected chi connectivity index (χ2v) is 7.69. The highest BCUT2D eigenvalue weighted by Crippen LogP contribution is 2.45. The normalized spacial score (nSPS) is 38.4. The van der Waals surface area contributed by atoms with E-state index < -0.39 is 12.1 Å². The van der Waals surface area contributed by atoms with Gasteiger partial charge in [0.1, 0.15) is 0 Å². The molecular weight excluding hydrogens is 277 g/mol. The first-order chi connectivity index (χ1) is 9.62. The maximum Gasteiger partial charge on any atom is 0.393 e. The number of hydrogen-bond donors (Lipinski definition) is 1. The largest absolute Gasteiger partial charge is 0.393 e. The summed E-state index contributed by atoms with van der Waals surface area (Å²) in [6.45, 7) is 8.41. The van der Waals surface area contributed by atoms with E-state index in [9.17, 15) is 13.2 Å². The molecular formula is C16H29F3N2. The smallest absolute Gasteiger partial charge is 0.327 e. The van der Waals surface area contributed by atoms with Crippen molar-refractivity contribution < 1.29 is 13.2 Å². The Kier molecular flexibility index (Phi) is 4.94. The summed E-state index contributed by atoms with van der Waals surface area (Å²) in [5.41, 5.74) is 6.27. The van der Waals surface area contributed by atoms with Crippen molar-refractivity contribution >= 4 is 0 Å². The molecule has 21 heavy (non-hydrogen) atoms. The molecule has 1 saturated heterocycles. The number of hydrogen-bond acceptors (Lipinski definition) is 2. The number of halogens is 3. The fourth-order valence-corrected chi connectivity index (χ4v) is 4.07. The second kappa shape index (κ2) is 6.07. The van der Waals surface area contributed by atoms with Gasteiger partial charge in [-0.1, -0.05) is 20.8 Å². The van der Waals surface area contributed by atoms with Crippen molar-refractivity contribution in [2.45, 2.75) is 58.7 Å². The van der Waals surface area contributed by atoms with E-state index in [0.29, 0.717) is 18.3 Å². The third-order valence-corrected chi connectivity index (χ3v) is 6.16. The molecule has 5 heteroatoms. The standard InChI is InChI=1S/C16H29F3N2/c1-11-14(20)7-6-12(15(11,2)3)9-21-8-4-5-13(10-21)16(17,18)19/h11-14H,4-10,20H2,1-3H3. The zero-order valence-electron chi connectivity index (χ0n) is 13.4. The fourth-order valence-electron chi connectivity index (χ4n) is 4.07. The quantitative estimate of drug-likeness (QED) is 0.843. The zero-order valence-corrected chi connectivity index (χ0v) is 13.4. The van der Waals surface area contributed by atoms with Crippen molar-refractivity contribution in [3.63, 3.8) is 0 Å². The average molecular weight is 306 g/mol. The van der Waals surface area contributed by atoms with Crippen LogP contribution in [0.25, 0.3) is 0 Å². The molecule has 1 aliphatic carbocycles. The lowest BCUT2D eigenvalue weighted by Crippen LogP contribution is -2.51. The minimum Gasteiger partial charge on any atom is -0.327 e. The van der Waals surface area contributed by atoms with Gasteiger partial charge >= 0.3 is 6.18 Å². The van der Waals surface area contributed by atoms with Crippen LogP contribution in [-0.4, -0.2) is 36.8 Å². The number of rotatable bonds is 2. The van der Waals surface area contributed by atoms with Crippen LogP contribution in [0.2, 0.25) is 0 Å². The van der Waals surface area contributed by atoms with Crippen molar-refractivity contribution in [2.24, 2.45) is 28.9 Å². The molecule has 2 fully saturated rings. The fraction of sp³-hybridized carbons (Fsp3) is 1.00. The zero-order chi connectivity index (χ0) is 15.8. The molecule has 0 bridgehead atoms. The van der Waals surface area contributed by atoms with Gasteiger partial charge < -0.3 is 10.6 Å². The van der Waals surface area contributed by atoms with Gasteiger partial charge in [0.05, 0.1) is 5.92 Å². The summed E-state index contributed by atoms with van der Waals surface area (Å²) < 4.78 is 38.7. The summed E-state index contributed by atoms with van der Waals surface area (Å²) in [7, 11) is 0. The number of likely N-dealkylation sites (tertiary alicyclic amines) is 1. The Labute approximate surface area is 126 Å². The van der Waals surface area contributed by atoms with E-state index in [1.54, 1.807) is 0 Å². The van der Waals surface area contributed by atoms with E-state index in [1.165, 1.54) is 0 Å². The molecule has 1 heterocycles. The van der Waals surface area contributed by atoms with Crippen LogP contribution in [0.1, 0.15) is 46.5 Å². The minimum atomic E-state index is -4.05. The predicted molar refractivity (Wildman–Crippen MR) is 78.9 cm³/mol. The van der Waals surface area contributed by atoms with E-state index in [0.717, 1.165) is 25.9 Å². The topological polar surface area (TPSA) is 29.3 Å². The SMILES string of the molecule is CC1C(N)CCC(CN2CCCC(C(F)(F)F)C2)C1(C)C. The molecule has 0 aromatic rings. The third kappa shape index (κ3) is 3.73. The number of piperidine rings is 1. The Morgan fingerprint density at radius 1 is 1.19 bits per heavy atom. The highest BCUT2D eigenvalue weighted by molar-refractivity contribution is 4.95. The van der Waals surface area contributed by atoms with Crippen LogP contribution in [0.15, 0.2) is 0 Å². The van der Waals surface area contributed by atoms with Gasteiger partial charge in [0.25, 0.3) is 0 Å². The lowest BCUT2D eigenvalue weighted by molar-refractivity contribution is -0.187. The van der Waals surface area contributed by atoms with Crippen LogP contribution in [0, 0.1) is 23.2 Å². The molecule has 1 saturated carbocycles. The minimum absolute atomic E-state index is 0.100. The number of nitrogens with zero attached hydrogens (tertiary/aromatic N) is 1. The van der Waals surface area contributed by atoms with Crippen LogP contribution in [-0.2, 0) is 0 Å². The highest BCUT2D eigenvalue weighted by Gasteiger charge is 2.45. The van der Waals surface area contributed by atoms with Crippen LogP contribution >= 0.6 is 0 Å². The third-order valence-electron chi connectivity index (χ3n) is 6.16. The van der Waals surface area contributed by atoms with Crippen LogP contribution in [0.3, 0.4) is 0 Å². The Morgan fingerprint density at radius 2 is 1.86 bits per heavy atom. The molecule has 124 valence electrons. The molecule has 0 spiro atoms. The summed E-state index contributed by atoms with van der Waals surface area (Å²) in [5.74, 6) is -0.281. The van der Waals surface area contributed by atoms with E-state index in [2.05, 4.69) is 20.8 Å². The highest BCUT2D eigenvalue weighted by atomic mass is 19.4. The maximum absolute atomic E-state index is 12.9. The van der Waals surface area contributed by atoms with Gasteiger partial charge in [-0.15, -0.1) is 0 Å². The first kappa shape index (κ1) is 17.1. The molecule has 0 radical (unpaired) electrons. The summed E-state index contributed by atoms with van der Waals surface area (Å²) in [6, 6.07) is 0.223. The van der Waals surface area contributed by atoms with Gasteiger partial charge in [-0.25, -0.2) is 0 Å². The average Bonchev–Trinajstić information content (AvgIpc) is 2.39. The van der Waals surface area contributed by atoms with Gasteiger partial charge in [-0.05, 0) is 49.5 Å². The molecule has 0 aromatic carbocycles. The lowest BCUT2D eigenvalue weighted by Gasteiger charge is -2.49. The summed E-state index contributed by atoms with van der Waals surface area (Å²) in [4.78, 5) is 2.04. The monoisotopic (exact) mass is 306 g/mol.